The molecule has 2 rings (SSSR count). The van der Waals surface area contributed by atoms with Crippen LogP contribution in [0.2, 0.25) is 0 Å². The lowest BCUT2D eigenvalue weighted by molar-refractivity contribution is 0.0436. The van der Waals surface area contributed by atoms with Crippen LogP contribution in [-0.2, 0) is 5.41 Å². The van der Waals surface area contributed by atoms with Gasteiger partial charge in [0.2, 0.25) is 5.82 Å². The molecule has 1 atom stereocenters. The summed E-state index contributed by atoms with van der Waals surface area (Å²) in [6, 6.07) is 0. The van der Waals surface area contributed by atoms with Gasteiger partial charge in [0.1, 0.15) is 5.82 Å². The predicted molar refractivity (Wildman–Crippen MR) is 75.5 cm³/mol. The Morgan fingerprint density at radius 1 is 1.35 bits per heavy atom. The third-order valence-corrected chi connectivity index (χ3v) is 3.74. The first kappa shape index (κ1) is 15.0. The lowest BCUT2D eigenvalue weighted by Gasteiger charge is -2.21. The van der Waals surface area contributed by atoms with E-state index in [1.165, 1.54) is 0 Å². The van der Waals surface area contributed by atoms with E-state index in [1.54, 1.807) is 4.90 Å². The van der Waals surface area contributed by atoms with E-state index >= 15 is 0 Å². The SMILES string of the molecule is CC1(O)CCCN(C(=O)c2n[nH]c(C(C)(C)C)n2)CC1. The van der Waals surface area contributed by atoms with E-state index < -0.39 is 5.60 Å². The number of hydrogen-bond donors (Lipinski definition) is 2. The second kappa shape index (κ2) is 5.16. The lowest BCUT2D eigenvalue weighted by atomic mass is 9.96. The van der Waals surface area contributed by atoms with Crippen molar-refractivity contribution in [2.75, 3.05) is 13.1 Å². The van der Waals surface area contributed by atoms with Crippen LogP contribution in [0.15, 0.2) is 0 Å². The molecule has 6 heteroatoms. The van der Waals surface area contributed by atoms with Crippen molar-refractivity contribution in [1.29, 1.82) is 0 Å². The second-order valence-corrected chi connectivity index (χ2v) is 6.90. The average Bonchev–Trinajstić information content (AvgIpc) is 2.75. The fourth-order valence-corrected chi connectivity index (χ4v) is 2.30. The second-order valence-electron chi connectivity index (χ2n) is 6.90. The summed E-state index contributed by atoms with van der Waals surface area (Å²) in [5, 5.41) is 16.9. The molecule has 6 nitrogen and oxygen atoms in total. The highest BCUT2D eigenvalue weighted by atomic mass is 16.3. The number of likely N-dealkylation sites (tertiary alicyclic amines) is 1. The van der Waals surface area contributed by atoms with Crippen LogP contribution in [0.1, 0.15) is 63.4 Å². The van der Waals surface area contributed by atoms with Crippen molar-refractivity contribution in [2.24, 2.45) is 0 Å². The Kier molecular flexibility index (Phi) is 3.86. The van der Waals surface area contributed by atoms with Crippen LogP contribution in [0.4, 0.5) is 0 Å². The van der Waals surface area contributed by atoms with Gasteiger partial charge in [0, 0.05) is 18.5 Å². The van der Waals surface area contributed by atoms with Crippen molar-refractivity contribution in [3.05, 3.63) is 11.6 Å². The highest BCUT2D eigenvalue weighted by molar-refractivity contribution is 5.90. The zero-order chi connectivity index (χ0) is 15.0. The van der Waals surface area contributed by atoms with Crippen LogP contribution >= 0.6 is 0 Å². The van der Waals surface area contributed by atoms with Crippen LogP contribution in [0.25, 0.3) is 0 Å². The number of aromatic amines is 1. The lowest BCUT2D eigenvalue weighted by Crippen LogP contribution is -2.34. The van der Waals surface area contributed by atoms with Gasteiger partial charge in [0.05, 0.1) is 5.60 Å². The highest BCUT2D eigenvalue weighted by Crippen LogP contribution is 2.22. The molecule has 1 aromatic heterocycles. The summed E-state index contributed by atoms with van der Waals surface area (Å²) in [6.45, 7) is 9.08. The molecule has 0 bridgehead atoms. The van der Waals surface area contributed by atoms with E-state index in [2.05, 4.69) is 15.2 Å². The molecular formula is C14H24N4O2. The molecule has 0 saturated carbocycles. The smallest absolute Gasteiger partial charge is 0.293 e. The minimum absolute atomic E-state index is 0.158. The molecule has 1 unspecified atom stereocenters. The minimum atomic E-state index is -0.676. The Hall–Kier alpha value is -1.43. The van der Waals surface area contributed by atoms with E-state index in [1.807, 2.05) is 27.7 Å². The number of nitrogens with zero attached hydrogens (tertiary/aromatic N) is 3. The summed E-state index contributed by atoms with van der Waals surface area (Å²) in [7, 11) is 0. The maximum Gasteiger partial charge on any atom is 0.293 e. The quantitative estimate of drug-likeness (QED) is 0.816. The van der Waals surface area contributed by atoms with Crippen LogP contribution in [0.5, 0.6) is 0 Å². The largest absolute Gasteiger partial charge is 0.390 e. The number of carbonyl (C=O) groups is 1. The molecule has 112 valence electrons. The molecule has 0 aliphatic carbocycles. The Bertz CT molecular complexity index is 488. The molecular weight excluding hydrogens is 256 g/mol. The molecule has 1 aliphatic heterocycles. The summed E-state index contributed by atoms with van der Waals surface area (Å²) in [5.74, 6) is 0.772. The molecule has 0 radical (unpaired) electrons. The first-order chi connectivity index (χ1) is 9.19. The maximum absolute atomic E-state index is 12.4. The first-order valence-electron chi connectivity index (χ1n) is 7.14. The normalized spacial score (nSPS) is 24.6. The number of H-pyrrole nitrogens is 1. The predicted octanol–water partition coefficient (Wildman–Crippen LogP) is 1.48. The van der Waals surface area contributed by atoms with Crippen molar-refractivity contribution in [1.82, 2.24) is 20.1 Å². The maximum atomic E-state index is 12.4. The molecule has 1 amide bonds. The Labute approximate surface area is 119 Å². The van der Waals surface area contributed by atoms with Crippen molar-refractivity contribution >= 4 is 5.91 Å². The molecule has 1 saturated heterocycles. The van der Waals surface area contributed by atoms with E-state index in [-0.39, 0.29) is 17.1 Å². The van der Waals surface area contributed by atoms with Crippen molar-refractivity contribution in [3.8, 4) is 0 Å². The molecule has 0 aromatic carbocycles. The van der Waals surface area contributed by atoms with E-state index in [0.29, 0.717) is 25.3 Å². The highest BCUT2D eigenvalue weighted by Gasteiger charge is 2.29. The van der Waals surface area contributed by atoms with Crippen molar-refractivity contribution in [2.45, 2.75) is 58.0 Å². The van der Waals surface area contributed by atoms with Gasteiger partial charge >= 0.3 is 0 Å². The fraction of sp³-hybridized carbons (Fsp3) is 0.786. The standard InChI is InChI=1S/C14H24N4O2/c1-13(2,3)12-15-10(16-17-12)11(19)18-8-5-6-14(4,20)7-9-18/h20H,5-9H2,1-4H3,(H,15,16,17). The van der Waals surface area contributed by atoms with E-state index in [9.17, 15) is 9.90 Å². The topological polar surface area (TPSA) is 82.1 Å². The Balaban J connectivity index is 2.09. The van der Waals surface area contributed by atoms with Gasteiger partial charge in [0.15, 0.2) is 0 Å². The van der Waals surface area contributed by atoms with Crippen LogP contribution < -0.4 is 0 Å². The van der Waals surface area contributed by atoms with Gasteiger partial charge in [-0.3, -0.25) is 9.89 Å². The van der Waals surface area contributed by atoms with E-state index in [0.717, 1.165) is 12.8 Å². The molecule has 0 spiro atoms. The summed E-state index contributed by atoms with van der Waals surface area (Å²) in [4.78, 5) is 18.4. The monoisotopic (exact) mass is 280 g/mol. The molecule has 1 aromatic rings. The summed E-state index contributed by atoms with van der Waals surface area (Å²) in [5.41, 5.74) is -0.835. The van der Waals surface area contributed by atoms with Crippen molar-refractivity contribution < 1.29 is 9.90 Å². The average molecular weight is 280 g/mol. The summed E-state index contributed by atoms with van der Waals surface area (Å²) < 4.78 is 0. The minimum Gasteiger partial charge on any atom is -0.390 e. The first-order valence-corrected chi connectivity index (χ1v) is 7.14. The summed E-state index contributed by atoms with van der Waals surface area (Å²) >= 11 is 0. The number of hydrogen-bond acceptors (Lipinski definition) is 4. The number of amides is 1. The van der Waals surface area contributed by atoms with Crippen LogP contribution in [0, 0.1) is 0 Å². The molecule has 1 aliphatic rings. The zero-order valence-electron chi connectivity index (χ0n) is 12.7. The molecule has 1 fully saturated rings. The summed E-state index contributed by atoms with van der Waals surface area (Å²) in [6.07, 6.45) is 2.11. The number of aliphatic hydroxyl groups is 1. The van der Waals surface area contributed by atoms with Crippen molar-refractivity contribution in [3.63, 3.8) is 0 Å². The molecule has 2 N–H and O–H groups in total. The van der Waals surface area contributed by atoms with Crippen LogP contribution in [0.3, 0.4) is 0 Å². The Morgan fingerprint density at radius 3 is 2.65 bits per heavy atom. The van der Waals surface area contributed by atoms with Gasteiger partial charge < -0.3 is 10.0 Å². The number of carbonyl (C=O) groups excluding carboxylic acids is 1. The fourth-order valence-electron chi connectivity index (χ4n) is 2.30. The van der Waals surface area contributed by atoms with Gasteiger partial charge in [-0.1, -0.05) is 20.8 Å². The van der Waals surface area contributed by atoms with Gasteiger partial charge in [-0.25, -0.2) is 4.98 Å². The molecule has 20 heavy (non-hydrogen) atoms. The number of aromatic nitrogens is 3. The zero-order valence-corrected chi connectivity index (χ0v) is 12.7. The number of rotatable bonds is 1. The van der Waals surface area contributed by atoms with Crippen LogP contribution in [-0.4, -0.2) is 49.8 Å². The van der Waals surface area contributed by atoms with E-state index in [4.69, 9.17) is 0 Å². The number of nitrogens with one attached hydrogen (secondary N) is 1. The third-order valence-electron chi connectivity index (χ3n) is 3.74. The van der Waals surface area contributed by atoms with Gasteiger partial charge in [-0.05, 0) is 26.2 Å². The van der Waals surface area contributed by atoms with Gasteiger partial charge in [0.25, 0.3) is 5.91 Å². The van der Waals surface area contributed by atoms with Gasteiger partial charge in [-0.2, -0.15) is 0 Å². The molecule has 2 heterocycles. The third kappa shape index (κ3) is 3.36. The Morgan fingerprint density at radius 2 is 2.05 bits per heavy atom. The van der Waals surface area contributed by atoms with Gasteiger partial charge in [-0.15, -0.1) is 5.10 Å².